The SMILES string of the molecule is CCNC(=NCCC(=O)NC1CCCC1)N1CCN(c2ccccc2)CC1.I. The average molecular weight is 499 g/mol. The highest BCUT2D eigenvalue weighted by Crippen LogP contribution is 2.18. The predicted molar refractivity (Wildman–Crippen MR) is 127 cm³/mol. The van der Waals surface area contributed by atoms with E-state index in [1.807, 2.05) is 0 Å². The van der Waals surface area contributed by atoms with Gasteiger partial charge in [-0.15, -0.1) is 24.0 Å². The van der Waals surface area contributed by atoms with Crippen molar-refractivity contribution in [2.75, 3.05) is 44.2 Å². The quantitative estimate of drug-likeness (QED) is 0.359. The van der Waals surface area contributed by atoms with Crippen molar-refractivity contribution in [1.82, 2.24) is 15.5 Å². The first-order chi connectivity index (χ1) is 13.3. The third kappa shape index (κ3) is 6.83. The normalized spacial score (nSPS) is 18.0. The van der Waals surface area contributed by atoms with Gasteiger partial charge in [0.1, 0.15) is 0 Å². The van der Waals surface area contributed by atoms with Crippen molar-refractivity contribution in [3.63, 3.8) is 0 Å². The Kier molecular flexibility index (Phi) is 9.87. The standard InChI is InChI=1S/C21H33N5O.HI/c1-2-22-21(23-13-12-20(27)24-18-8-6-7-9-18)26-16-14-25(15-17-26)19-10-4-3-5-11-19;/h3-5,10-11,18H,2,6-9,12-17H2,1H3,(H,22,23)(H,24,27);1H. The highest BCUT2D eigenvalue weighted by atomic mass is 127. The molecule has 6 nitrogen and oxygen atoms in total. The number of nitrogens with one attached hydrogen (secondary N) is 2. The van der Waals surface area contributed by atoms with Gasteiger partial charge in [-0.3, -0.25) is 9.79 Å². The summed E-state index contributed by atoms with van der Waals surface area (Å²) >= 11 is 0. The number of nitrogens with zero attached hydrogens (tertiary/aromatic N) is 3. The second kappa shape index (κ2) is 12.1. The van der Waals surface area contributed by atoms with Crippen LogP contribution in [0.1, 0.15) is 39.0 Å². The van der Waals surface area contributed by atoms with Crippen LogP contribution in [0.15, 0.2) is 35.3 Å². The first kappa shape index (κ1) is 22.8. The molecule has 0 aromatic heterocycles. The van der Waals surface area contributed by atoms with Gasteiger partial charge in [0.25, 0.3) is 0 Å². The van der Waals surface area contributed by atoms with Crippen LogP contribution < -0.4 is 15.5 Å². The number of hydrogen-bond acceptors (Lipinski definition) is 3. The van der Waals surface area contributed by atoms with Crippen molar-refractivity contribution >= 4 is 41.5 Å². The minimum Gasteiger partial charge on any atom is -0.368 e. The van der Waals surface area contributed by atoms with E-state index in [0.717, 1.165) is 51.5 Å². The van der Waals surface area contributed by atoms with Gasteiger partial charge < -0.3 is 20.4 Å². The zero-order valence-corrected chi connectivity index (χ0v) is 19.2. The number of benzene rings is 1. The molecule has 1 aromatic carbocycles. The highest BCUT2D eigenvalue weighted by molar-refractivity contribution is 14.0. The molecular weight excluding hydrogens is 465 g/mol. The molecule has 0 atom stereocenters. The molecule has 2 aliphatic rings. The van der Waals surface area contributed by atoms with Gasteiger partial charge in [0.2, 0.25) is 5.91 Å². The number of carbonyl (C=O) groups excluding carboxylic acids is 1. The van der Waals surface area contributed by atoms with Gasteiger partial charge >= 0.3 is 0 Å². The van der Waals surface area contributed by atoms with E-state index in [9.17, 15) is 4.79 Å². The summed E-state index contributed by atoms with van der Waals surface area (Å²) in [5, 5.41) is 6.52. The highest BCUT2D eigenvalue weighted by Gasteiger charge is 2.20. The van der Waals surface area contributed by atoms with Gasteiger partial charge in [-0.1, -0.05) is 31.0 Å². The van der Waals surface area contributed by atoms with E-state index in [4.69, 9.17) is 4.99 Å². The fourth-order valence-corrected chi connectivity index (χ4v) is 3.87. The number of rotatable bonds is 6. The topological polar surface area (TPSA) is 60.0 Å². The molecule has 0 radical (unpaired) electrons. The molecule has 156 valence electrons. The van der Waals surface area contributed by atoms with Crippen molar-refractivity contribution in [1.29, 1.82) is 0 Å². The number of halogens is 1. The number of aliphatic imine (C=N–C) groups is 1. The molecule has 2 N–H and O–H groups in total. The molecule has 3 rings (SSSR count). The van der Waals surface area contributed by atoms with Gasteiger partial charge in [0, 0.05) is 50.9 Å². The fraction of sp³-hybridized carbons (Fsp3) is 0.619. The van der Waals surface area contributed by atoms with Crippen molar-refractivity contribution in [3.05, 3.63) is 30.3 Å². The smallest absolute Gasteiger partial charge is 0.222 e. The molecule has 1 saturated carbocycles. The monoisotopic (exact) mass is 499 g/mol. The Morgan fingerprint density at radius 1 is 1.11 bits per heavy atom. The van der Waals surface area contributed by atoms with E-state index >= 15 is 0 Å². The molecular formula is C21H34IN5O. The summed E-state index contributed by atoms with van der Waals surface area (Å²) in [6.45, 7) is 7.31. The zero-order valence-electron chi connectivity index (χ0n) is 16.9. The number of guanidine groups is 1. The molecule has 0 unspecified atom stereocenters. The third-order valence-electron chi connectivity index (χ3n) is 5.36. The van der Waals surface area contributed by atoms with Crippen LogP contribution in [0.5, 0.6) is 0 Å². The van der Waals surface area contributed by atoms with Crippen molar-refractivity contribution in [2.24, 2.45) is 4.99 Å². The summed E-state index contributed by atoms with van der Waals surface area (Å²) in [7, 11) is 0. The summed E-state index contributed by atoms with van der Waals surface area (Å²) < 4.78 is 0. The van der Waals surface area contributed by atoms with E-state index in [2.05, 4.69) is 57.7 Å². The van der Waals surface area contributed by atoms with Crippen LogP contribution in [0, 0.1) is 0 Å². The van der Waals surface area contributed by atoms with Crippen LogP contribution in [0.4, 0.5) is 5.69 Å². The Bertz CT molecular complexity index is 610. The Morgan fingerprint density at radius 3 is 2.43 bits per heavy atom. The maximum atomic E-state index is 12.1. The van der Waals surface area contributed by atoms with Crippen LogP contribution >= 0.6 is 24.0 Å². The van der Waals surface area contributed by atoms with E-state index in [0.29, 0.717) is 19.0 Å². The fourth-order valence-electron chi connectivity index (χ4n) is 3.87. The summed E-state index contributed by atoms with van der Waals surface area (Å²) in [4.78, 5) is 21.5. The van der Waals surface area contributed by atoms with Gasteiger partial charge in [0.05, 0.1) is 6.54 Å². The van der Waals surface area contributed by atoms with E-state index < -0.39 is 0 Å². The van der Waals surface area contributed by atoms with Crippen molar-refractivity contribution in [3.8, 4) is 0 Å². The van der Waals surface area contributed by atoms with E-state index in [1.165, 1.54) is 18.5 Å². The van der Waals surface area contributed by atoms with Gasteiger partial charge in [-0.05, 0) is 31.9 Å². The van der Waals surface area contributed by atoms with Crippen LogP contribution in [-0.4, -0.2) is 62.1 Å². The number of anilines is 1. The number of para-hydroxylation sites is 1. The minimum atomic E-state index is 0. The summed E-state index contributed by atoms with van der Waals surface area (Å²) in [5.41, 5.74) is 1.28. The molecule has 28 heavy (non-hydrogen) atoms. The predicted octanol–water partition coefficient (Wildman–Crippen LogP) is 2.84. The summed E-state index contributed by atoms with van der Waals surface area (Å²) in [6.07, 6.45) is 5.20. The molecule has 1 aliphatic carbocycles. The lowest BCUT2D eigenvalue weighted by atomic mass is 10.2. The van der Waals surface area contributed by atoms with Crippen LogP contribution in [0.2, 0.25) is 0 Å². The number of piperazine rings is 1. The number of carbonyl (C=O) groups is 1. The molecule has 1 saturated heterocycles. The lowest BCUT2D eigenvalue weighted by Crippen LogP contribution is -2.52. The van der Waals surface area contributed by atoms with E-state index in [1.54, 1.807) is 0 Å². The lowest BCUT2D eigenvalue weighted by molar-refractivity contribution is -0.121. The maximum Gasteiger partial charge on any atom is 0.222 e. The summed E-state index contributed by atoms with van der Waals surface area (Å²) in [5.74, 6) is 1.06. The molecule has 1 aromatic rings. The molecule has 1 aliphatic heterocycles. The maximum absolute atomic E-state index is 12.1. The van der Waals surface area contributed by atoms with Crippen LogP contribution in [0.3, 0.4) is 0 Å². The first-order valence-corrected chi connectivity index (χ1v) is 10.4. The van der Waals surface area contributed by atoms with Crippen molar-refractivity contribution in [2.45, 2.75) is 45.1 Å². The number of amides is 1. The van der Waals surface area contributed by atoms with Crippen LogP contribution in [-0.2, 0) is 4.79 Å². The second-order valence-corrected chi connectivity index (χ2v) is 7.34. The Balaban J connectivity index is 0.00000280. The third-order valence-corrected chi connectivity index (χ3v) is 5.36. The molecule has 2 fully saturated rings. The van der Waals surface area contributed by atoms with Crippen LogP contribution in [0.25, 0.3) is 0 Å². The summed E-state index contributed by atoms with van der Waals surface area (Å²) in [6, 6.07) is 10.9. The largest absolute Gasteiger partial charge is 0.368 e. The first-order valence-electron chi connectivity index (χ1n) is 10.4. The van der Waals surface area contributed by atoms with Gasteiger partial charge in [0.15, 0.2) is 5.96 Å². The molecule has 0 bridgehead atoms. The lowest BCUT2D eigenvalue weighted by Gasteiger charge is -2.37. The molecule has 0 spiro atoms. The average Bonchev–Trinajstić information content (AvgIpc) is 3.21. The Morgan fingerprint density at radius 2 is 1.79 bits per heavy atom. The zero-order chi connectivity index (χ0) is 18.9. The molecule has 7 heteroatoms. The van der Waals surface area contributed by atoms with E-state index in [-0.39, 0.29) is 29.9 Å². The second-order valence-electron chi connectivity index (χ2n) is 7.34. The molecule has 1 heterocycles. The van der Waals surface area contributed by atoms with Gasteiger partial charge in [-0.25, -0.2) is 0 Å². The molecule has 1 amide bonds. The van der Waals surface area contributed by atoms with Gasteiger partial charge in [-0.2, -0.15) is 0 Å². The Hall–Kier alpha value is -1.51. The van der Waals surface area contributed by atoms with Crippen molar-refractivity contribution < 1.29 is 4.79 Å². The number of hydrogen-bond donors (Lipinski definition) is 2. The Labute approximate surface area is 186 Å². The minimum absolute atomic E-state index is 0.